The molecule has 0 bridgehead atoms. The summed E-state index contributed by atoms with van der Waals surface area (Å²) in [6.45, 7) is 0.377. The van der Waals surface area contributed by atoms with E-state index in [4.69, 9.17) is 16.9 Å². The highest BCUT2D eigenvalue weighted by Crippen LogP contribution is 2.25. The second-order valence-electron chi connectivity index (χ2n) is 4.94. The third kappa shape index (κ3) is 2.54. The highest BCUT2D eigenvalue weighted by Gasteiger charge is 2.15. The number of carboxylic acids is 1. The monoisotopic (exact) mass is 310 g/mol. The van der Waals surface area contributed by atoms with E-state index in [1.54, 1.807) is 47.0 Å². The van der Waals surface area contributed by atoms with Gasteiger partial charge in [-0.05, 0) is 42.0 Å². The molecule has 3 rings (SSSR count). The summed E-state index contributed by atoms with van der Waals surface area (Å²) in [4.78, 5) is 11.5. The first-order chi connectivity index (χ1) is 10.6. The van der Waals surface area contributed by atoms with Gasteiger partial charge in [-0.25, -0.2) is 4.79 Å². The number of rotatable bonds is 3. The van der Waals surface area contributed by atoms with Crippen LogP contribution in [0.5, 0.6) is 0 Å². The van der Waals surface area contributed by atoms with Crippen LogP contribution in [-0.2, 0) is 6.54 Å². The number of aromatic carboxylic acids is 1. The van der Waals surface area contributed by atoms with Crippen LogP contribution in [0.2, 0.25) is 5.02 Å². The van der Waals surface area contributed by atoms with Crippen LogP contribution in [0, 0.1) is 11.3 Å². The van der Waals surface area contributed by atoms with Crippen molar-refractivity contribution in [3.8, 4) is 6.07 Å². The average molecular weight is 311 g/mol. The van der Waals surface area contributed by atoms with Gasteiger partial charge in [0, 0.05) is 22.5 Å². The van der Waals surface area contributed by atoms with Crippen molar-refractivity contribution in [3.05, 3.63) is 70.4 Å². The fraction of sp³-hybridized carbons (Fsp3) is 0.0588. The standard InChI is InChI=1S/C17H11ClN2O2/c18-14-4-5-15-13(7-14)8-16(17(21)22)20(15)10-12-3-1-2-11(6-12)9-19/h1-8H,10H2,(H,21,22). The minimum absolute atomic E-state index is 0.194. The van der Waals surface area contributed by atoms with Crippen LogP contribution in [0.3, 0.4) is 0 Å². The van der Waals surface area contributed by atoms with Crippen molar-refractivity contribution < 1.29 is 9.90 Å². The zero-order valence-electron chi connectivity index (χ0n) is 11.5. The lowest BCUT2D eigenvalue weighted by Gasteiger charge is -2.09. The molecule has 0 saturated heterocycles. The maximum absolute atomic E-state index is 11.5. The summed E-state index contributed by atoms with van der Waals surface area (Å²) < 4.78 is 1.71. The first-order valence-electron chi connectivity index (χ1n) is 6.59. The molecule has 1 aromatic heterocycles. The van der Waals surface area contributed by atoms with E-state index in [9.17, 15) is 9.90 Å². The van der Waals surface area contributed by atoms with Crippen molar-refractivity contribution in [1.29, 1.82) is 5.26 Å². The van der Waals surface area contributed by atoms with Gasteiger partial charge >= 0.3 is 5.97 Å². The number of fused-ring (bicyclic) bond motifs is 1. The van der Waals surface area contributed by atoms with Crippen LogP contribution in [0.15, 0.2) is 48.5 Å². The molecule has 0 fully saturated rings. The first-order valence-corrected chi connectivity index (χ1v) is 6.97. The molecule has 0 saturated carbocycles. The zero-order chi connectivity index (χ0) is 15.7. The van der Waals surface area contributed by atoms with E-state index in [1.165, 1.54) is 0 Å². The van der Waals surface area contributed by atoms with Gasteiger partial charge in [-0.15, -0.1) is 0 Å². The predicted molar refractivity (Wildman–Crippen MR) is 84.2 cm³/mol. The van der Waals surface area contributed by atoms with Crippen LogP contribution in [0.4, 0.5) is 0 Å². The molecule has 0 atom stereocenters. The Hall–Kier alpha value is -2.77. The molecule has 1 N–H and O–H groups in total. The second-order valence-corrected chi connectivity index (χ2v) is 5.37. The van der Waals surface area contributed by atoms with Crippen molar-refractivity contribution >= 4 is 28.5 Å². The molecule has 1 heterocycles. The Morgan fingerprint density at radius 2 is 2.05 bits per heavy atom. The van der Waals surface area contributed by atoms with E-state index in [1.807, 2.05) is 6.07 Å². The number of nitrogens with zero attached hydrogens (tertiary/aromatic N) is 2. The summed E-state index contributed by atoms with van der Waals surface area (Å²) in [7, 11) is 0. The van der Waals surface area contributed by atoms with Crippen molar-refractivity contribution in [2.75, 3.05) is 0 Å². The summed E-state index contributed by atoms with van der Waals surface area (Å²) in [5.74, 6) is -0.997. The molecule has 0 aliphatic carbocycles. The minimum atomic E-state index is -0.997. The van der Waals surface area contributed by atoms with Gasteiger partial charge in [-0.3, -0.25) is 0 Å². The second kappa shape index (κ2) is 5.55. The topological polar surface area (TPSA) is 66.0 Å². The summed E-state index contributed by atoms with van der Waals surface area (Å²) in [6, 6.07) is 16.1. The molecule has 0 unspecified atom stereocenters. The van der Waals surface area contributed by atoms with Crippen LogP contribution in [0.25, 0.3) is 10.9 Å². The lowest BCUT2D eigenvalue weighted by molar-refractivity contribution is 0.0686. The average Bonchev–Trinajstić information content (AvgIpc) is 2.85. The largest absolute Gasteiger partial charge is 0.477 e. The van der Waals surface area contributed by atoms with E-state index < -0.39 is 5.97 Å². The molecule has 3 aromatic rings. The number of halogens is 1. The van der Waals surface area contributed by atoms with Crippen molar-refractivity contribution in [2.24, 2.45) is 0 Å². The van der Waals surface area contributed by atoms with Gasteiger partial charge in [0.25, 0.3) is 0 Å². The Labute approximate surface area is 131 Å². The highest BCUT2D eigenvalue weighted by atomic mass is 35.5. The number of hydrogen-bond acceptors (Lipinski definition) is 2. The Morgan fingerprint density at radius 3 is 2.77 bits per heavy atom. The molecule has 4 nitrogen and oxygen atoms in total. The Balaban J connectivity index is 2.14. The van der Waals surface area contributed by atoms with Crippen molar-refractivity contribution in [3.63, 3.8) is 0 Å². The van der Waals surface area contributed by atoms with Gasteiger partial charge in [0.05, 0.1) is 11.6 Å². The smallest absolute Gasteiger partial charge is 0.352 e. The molecule has 5 heteroatoms. The third-order valence-electron chi connectivity index (χ3n) is 3.48. The molecule has 0 aliphatic heterocycles. The van der Waals surface area contributed by atoms with Crippen molar-refractivity contribution in [1.82, 2.24) is 4.57 Å². The van der Waals surface area contributed by atoms with Gasteiger partial charge in [0.1, 0.15) is 5.69 Å². The molecular weight excluding hydrogens is 300 g/mol. The van der Waals surface area contributed by atoms with Crippen LogP contribution in [-0.4, -0.2) is 15.6 Å². The summed E-state index contributed by atoms with van der Waals surface area (Å²) in [5.41, 5.74) is 2.41. The molecule has 0 aliphatic rings. The number of aromatic nitrogens is 1. The molecule has 108 valence electrons. The van der Waals surface area contributed by atoms with Gasteiger partial charge in [0.15, 0.2) is 0 Å². The maximum atomic E-state index is 11.5. The molecule has 22 heavy (non-hydrogen) atoms. The predicted octanol–water partition coefficient (Wildman–Crippen LogP) is 3.91. The van der Waals surface area contributed by atoms with E-state index in [-0.39, 0.29) is 5.69 Å². The fourth-order valence-electron chi connectivity index (χ4n) is 2.51. The summed E-state index contributed by atoms with van der Waals surface area (Å²) in [6.07, 6.45) is 0. The van der Waals surface area contributed by atoms with E-state index in [0.717, 1.165) is 16.5 Å². The first kappa shape index (κ1) is 14.2. The molecule has 2 aromatic carbocycles. The van der Waals surface area contributed by atoms with E-state index in [0.29, 0.717) is 17.1 Å². The highest BCUT2D eigenvalue weighted by molar-refractivity contribution is 6.31. The van der Waals surface area contributed by atoms with Gasteiger partial charge in [0.2, 0.25) is 0 Å². The molecular formula is C17H11ClN2O2. The molecule has 0 radical (unpaired) electrons. The maximum Gasteiger partial charge on any atom is 0.352 e. The Morgan fingerprint density at radius 1 is 1.23 bits per heavy atom. The fourth-order valence-corrected chi connectivity index (χ4v) is 2.69. The van der Waals surface area contributed by atoms with Crippen LogP contribution >= 0.6 is 11.6 Å². The van der Waals surface area contributed by atoms with E-state index >= 15 is 0 Å². The van der Waals surface area contributed by atoms with Crippen molar-refractivity contribution in [2.45, 2.75) is 6.54 Å². The number of nitriles is 1. The summed E-state index contributed by atoms with van der Waals surface area (Å²) in [5, 5.41) is 19.7. The molecule has 0 spiro atoms. The summed E-state index contributed by atoms with van der Waals surface area (Å²) >= 11 is 5.97. The minimum Gasteiger partial charge on any atom is -0.477 e. The number of carboxylic acid groups (broad SMARTS) is 1. The number of carbonyl (C=O) groups is 1. The zero-order valence-corrected chi connectivity index (χ0v) is 12.2. The normalized spacial score (nSPS) is 10.5. The van der Waals surface area contributed by atoms with E-state index in [2.05, 4.69) is 6.07 Å². The lowest BCUT2D eigenvalue weighted by Crippen LogP contribution is -2.09. The van der Waals surface area contributed by atoms with Crippen LogP contribution < -0.4 is 0 Å². The Bertz CT molecular complexity index is 922. The SMILES string of the molecule is N#Cc1cccc(Cn2c(C(=O)O)cc3cc(Cl)ccc32)c1. The number of hydrogen-bond donors (Lipinski definition) is 1. The van der Waals surface area contributed by atoms with Crippen LogP contribution in [0.1, 0.15) is 21.6 Å². The van der Waals surface area contributed by atoms with Gasteiger partial charge in [-0.1, -0.05) is 23.7 Å². The lowest BCUT2D eigenvalue weighted by atomic mass is 10.1. The van der Waals surface area contributed by atoms with Gasteiger partial charge < -0.3 is 9.67 Å². The number of benzene rings is 2. The third-order valence-corrected chi connectivity index (χ3v) is 3.71. The molecule has 0 amide bonds. The quantitative estimate of drug-likeness (QED) is 0.797. The Kier molecular flexibility index (Phi) is 3.58. The van der Waals surface area contributed by atoms with Gasteiger partial charge in [-0.2, -0.15) is 5.26 Å².